The zero-order valence-electron chi connectivity index (χ0n) is 37.6. The van der Waals surface area contributed by atoms with E-state index in [1.54, 1.807) is 81.2 Å². The number of piperazine rings is 1. The summed E-state index contributed by atoms with van der Waals surface area (Å²) in [6.45, 7) is 13.9. The summed E-state index contributed by atoms with van der Waals surface area (Å²) in [4.78, 5) is 42.9. The Kier molecular flexibility index (Phi) is 12.8. The number of H-pyrrole nitrogens is 1. The summed E-state index contributed by atoms with van der Waals surface area (Å²) in [5, 5.41) is 13.4. The van der Waals surface area contributed by atoms with E-state index in [9.17, 15) is 23.3 Å². The van der Waals surface area contributed by atoms with Crippen molar-refractivity contribution in [1.29, 1.82) is 5.26 Å². The summed E-state index contributed by atoms with van der Waals surface area (Å²) in [5.41, 5.74) is 1.83. The molecule has 0 radical (unpaired) electrons. The normalized spacial score (nSPS) is 17.9. The molecule has 1 aliphatic heterocycles. The highest BCUT2D eigenvalue weighted by Crippen LogP contribution is 2.55. The number of carbonyl (C=O) groups excluding carboxylic acids is 1. The van der Waals surface area contributed by atoms with E-state index in [4.69, 9.17) is 25.8 Å². The molecule has 1 saturated heterocycles. The molecule has 6 aromatic rings. The van der Waals surface area contributed by atoms with Crippen molar-refractivity contribution in [3.05, 3.63) is 118 Å². The van der Waals surface area contributed by atoms with E-state index >= 15 is 0 Å². The number of benzene rings is 3. The number of aromatic amines is 1. The predicted octanol–water partition coefficient (Wildman–Crippen LogP) is 7.22. The fraction of sp³-hybridized carbons (Fsp3) is 0.354. The maximum atomic E-state index is 13.5. The molecule has 3 N–H and O–H groups in total. The maximum Gasteiger partial charge on any atom is 0.274 e. The van der Waals surface area contributed by atoms with Gasteiger partial charge in [-0.05, 0) is 55.5 Å². The van der Waals surface area contributed by atoms with Gasteiger partial charge in [0, 0.05) is 116 Å². The first-order valence-electron chi connectivity index (χ1n) is 21.7. The van der Waals surface area contributed by atoms with Crippen LogP contribution in [0.4, 0.5) is 11.6 Å². The molecule has 1 aliphatic carbocycles. The lowest BCUT2D eigenvalue weighted by Gasteiger charge is -2.63. The Bertz CT molecular complexity index is 2980. The van der Waals surface area contributed by atoms with Gasteiger partial charge in [0.05, 0.1) is 21.9 Å². The molecule has 18 heteroatoms. The molecule has 344 valence electrons. The molecule has 1 saturated carbocycles. The van der Waals surface area contributed by atoms with Crippen molar-refractivity contribution in [2.75, 3.05) is 54.7 Å². The number of aromatic nitrogens is 4. The smallest absolute Gasteiger partial charge is 0.274 e. The predicted molar refractivity (Wildman–Crippen MR) is 254 cm³/mol. The van der Waals surface area contributed by atoms with Crippen molar-refractivity contribution in [2.45, 2.75) is 46.8 Å². The third-order valence-corrected chi connectivity index (χ3v) is 14.1. The van der Waals surface area contributed by atoms with Crippen LogP contribution in [-0.2, 0) is 17.1 Å². The SMILES string of the molecule is CCS(=O)(=O)Nc1ccc(Oc2cccc(OCCN3CCN(c4ncc(C(=O)NC5C(C)(C)C(Oc6ccc(C#N)c(Cl)c6)C5(C)C)cn4)CC3)c2)c(-c2cn(C)c(=O)c3[nH]ccc23)c1. The van der Waals surface area contributed by atoms with Crippen LogP contribution in [0.5, 0.6) is 23.0 Å². The summed E-state index contributed by atoms with van der Waals surface area (Å²) in [7, 11) is -1.89. The van der Waals surface area contributed by atoms with Gasteiger partial charge in [0.25, 0.3) is 11.5 Å². The van der Waals surface area contributed by atoms with E-state index in [1.165, 1.54) is 4.57 Å². The first-order chi connectivity index (χ1) is 31.5. The quantitative estimate of drug-likeness (QED) is 0.0937. The number of fused-ring (bicyclic) bond motifs is 1. The highest BCUT2D eigenvalue weighted by molar-refractivity contribution is 7.92. The lowest BCUT2D eigenvalue weighted by Crippen LogP contribution is -2.74. The molecule has 3 aromatic heterocycles. The molecule has 0 unspecified atom stereocenters. The number of pyridine rings is 1. The molecular formula is C48H52ClN9O7S. The average molecular weight is 935 g/mol. The number of sulfonamides is 1. The minimum absolute atomic E-state index is 0.0859. The number of amides is 1. The fourth-order valence-corrected chi connectivity index (χ4v) is 10.1. The highest BCUT2D eigenvalue weighted by atomic mass is 35.5. The van der Waals surface area contributed by atoms with Gasteiger partial charge in [0.15, 0.2) is 0 Å². The molecule has 2 fully saturated rings. The van der Waals surface area contributed by atoms with Gasteiger partial charge in [-0.3, -0.25) is 19.2 Å². The van der Waals surface area contributed by atoms with Gasteiger partial charge in [-0.15, -0.1) is 0 Å². The van der Waals surface area contributed by atoms with E-state index < -0.39 is 20.9 Å². The van der Waals surface area contributed by atoms with Gasteiger partial charge in [-0.2, -0.15) is 5.26 Å². The van der Waals surface area contributed by atoms with Crippen molar-refractivity contribution < 1.29 is 27.4 Å². The topological polar surface area (TPSA) is 197 Å². The second-order valence-electron chi connectivity index (χ2n) is 17.8. The summed E-state index contributed by atoms with van der Waals surface area (Å²) >= 11 is 6.25. The zero-order valence-corrected chi connectivity index (χ0v) is 39.2. The summed E-state index contributed by atoms with van der Waals surface area (Å²) < 4.78 is 48.0. The van der Waals surface area contributed by atoms with E-state index in [-0.39, 0.29) is 29.4 Å². The average Bonchev–Trinajstić information content (AvgIpc) is 3.80. The molecule has 1 amide bonds. The van der Waals surface area contributed by atoms with Gasteiger partial charge < -0.3 is 34.0 Å². The fourth-order valence-electron chi connectivity index (χ4n) is 9.26. The Hall–Kier alpha value is -6.61. The minimum atomic E-state index is -3.55. The number of halogens is 1. The van der Waals surface area contributed by atoms with Gasteiger partial charge >= 0.3 is 0 Å². The van der Waals surface area contributed by atoms with Crippen LogP contribution >= 0.6 is 11.6 Å². The summed E-state index contributed by atoms with van der Waals surface area (Å²) in [5.74, 6) is 2.39. The molecule has 4 heterocycles. The van der Waals surface area contributed by atoms with Crippen LogP contribution < -0.4 is 34.7 Å². The first kappa shape index (κ1) is 45.9. The number of hydrogen-bond acceptors (Lipinski definition) is 12. The van der Waals surface area contributed by atoms with Gasteiger partial charge in [0.2, 0.25) is 16.0 Å². The second-order valence-corrected chi connectivity index (χ2v) is 20.2. The Balaban J connectivity index is 0.838. The number of aryl methyl sites for hydroxylation is 1. The monoisotopic (exact) mass is 933 g/mol. The largest absolute Gasteiger partial charge is 0.492 e. The van der Waals surface area contributed by atoms with Crippen LogP contribution in [0.1, 0.15) is 50.5 Å². The number of nitrogens with one attached hydrogen (secondary N) is 3. The van der Waals surface area contributed by atoms with Crippen molar-refractivity contribution in [1.82, 2.24) is 29.7 Å². The minimum Gasteiger partial charge on any atom is -0.492 e. The van der Waals surface area contributed by atoms with Crippen LogP contribution in [0.15, 0.2) is 96.3 Å². The lowest BCUT2D eigenvalue weighted by molar-refractivity contribution is -0.164. The lowest BCUT2D eigenvalue weighted by atomic mass is 9.49. The third kappa shape index (κ3) is 9.39. The van der Waals surface area contributed by atoms with Crippen LogP contribution in [0, 0.1) is 22.2 Å². The van der Waals surface area contributed by atoms with Gasteiger partial charge in [-0.1, -0.05) is 45.4 Å². The molecule has 0 spiro atoms. The molecule has 0 bridgehead atoms. The third-order valence-electron chi connectivity index (χ3n) is 12.5. The number of hydrogen-bond donors (Lipinski definition) is 3. The molecular weight excluding hydrogens is 882 g/mol. The van der Waals surface area contributed by atoms with Crippen molar-refractivity contribution in [3.8, 4) is 40.2 Å². The Morgan fingerprint density at radius 3 is 2.38 bits per heavy atom. The number of carbonyl (C=O) groups is 1. The first-order valence-corrected chi connectivity index (χ1v) is 23.7. The van der Waals surface area contributed by atoms with E-state index in [2.05, 4.69) is 68.6 Å². The zero-order chi connectivity index (χ0) is 47.0. The molecule has 2 aliphatic rings. The summed E-state index contributed by atoms with van der Waals surface area (Å²) in [6, 6.07) is 21.1. The maximum absolute atomic E-state index is 13.5. The van der Waals surface area contributed by atoms with Gasteiger partial charge in [0.1, 0.15) is 47.3 Å². The van der Waals surface area contributed by atoms with Crippen molar-refractivity contribution in [2.24, 2.45) is 17.9 Å². The van der Waals surface area contributed by atoms with E-state index in [1.807, 2.05) is 24.3 Å². The Morgan fingerprint density at radius 1 is 0.955 bits per heavy atom. The van der Waals surface area contributed by atoms with Crippen LogP contribution in [0.25, 0.3) is 22.0 Å². The standard InChI is InChI=1S/C48H52ClN9O7S/c1-7-66(61,62)55-32-12-14-40(37(23-32)38-29-56(6)43(60)41-36(38)15-16-51-41)64-34-10-8-9-33(24-34)63-22-21-57-17-19-58(20-18-57)46-52-27-31(28-53-46)42(59)54-44-47(2,3)45(48(44,4)5)65-35-13-11-30(26-50)39(49)25-35/h8-16,23-25,27-29,44-45,51,55H,7,17-22H2,1-6H3,(H,54,59). The Labute approximate surface area is 388 Å². The summed E-state index contributed by atoms with van der Waals surface area (Å²) in [6.07, 6.45) is 6.32. The van der Waals surface area contributed by atoms with Gasteiger partial charge in [-0.25, -0.2) is 18.4 Å². The molecule has 3 aromatic carbocycles. The molecule has 66 heavy (non-hydrogen) atoms. The van der Waals surface area contributed by atoms with E-state index in [0.29, 0.717) is 99.1 Å². The van der Waals surface area contributed by atoms with Crippen molar-refractivity contribution >= 4 is 50.1 Å². The van der Waals surface area contributed by atoms with Crippen LogP contribution in [0.2, 0.25) is 5.02 Å². The van der Waals surface area contributed by atoms with E-state index in [0.717, 1.165) is 13.1 Å². The second kappa shape index (κ2) is 18.3. The number of anilines is 2. The highest BCUT2D eigenvalue weighted by Gasteiger charge is 2.64. The number of rotatable bonds is 15. The molecule has 16 nitrogen and oxygen atoms in total. The number of ether oxygens (including phenoxy) is 3. The number of nitriles is 1. The van der Waals surface area contributed by atoms with Crippen molar-refractivity contribution in [3.63, 3.8) is 0 Å². The number of nitrogens with zero attached hydrogens (tertiary/aromatic N) is 6. The van der Waals surface area contributed by atoms with Crippen LogP contribution in [-0.4, -0.2) is 96.0 Å². The molecule has 8 rings (SSSR count). The molecule has 0 atom stereocenters. The van der Waals surface area contributed by atoms with Crippen LogP contribution in [0.3, 0.4) is 0 Å². The Morgan fingerprint density at radius 2 is 1.68 bits per heavy atom.